The quantitative estimate of drug-likeness (QED) is 0.342. The summed E-state index contributed by atoms with van der Waals surface area (Å²) >= 11 is 6.19. The van der Waals surface area contributed by atoms with E-state index in [0.29, 0.717) is 44.2 Å². The molecule has 0 unspecified atom stereocenters. The molecule has 5 nitrogen and oxygen atoms in total. The Kier molecular flexibility index (Phi) is 5.95. The summed E-state index contributed by atoms with van der Waals surface area (Å²) in [5.41, 5.74) is 2.17. The van der Waals surface area contributed by atoms with Gasteiger partial charge >= 0.3 is 6.36 Å². The number of hydrogen-bond acceptors (Lipinski definition) is 4. The fourth-order valence-corrected chi connectivity index (χ4v) is 3.72. The standard InChI is InChI=1S/C24H17ClF3NO4/c1-13-22(23(30)18-11-19(25)21(31-2)12-20(18)29-13)14-6-8-15(9-7-14)32-16-4-3-5-17(10-16)33-24(26,27)28/h3-12H,1-2H3,(H,29,30). The molecule has 3 aromatic carbocycles. The number of aryl methyl sites for hydroxylation is 1. The van der Waals surface area contributed by atoms with Crippen molar-refractivity contribution in [1.82, 2.24) is 4.98 Å². The molecule has 0 aliphatic heterocycles. The topological polar surface area (TPSA) is 60.6 Å². The van der Waals surface area contributed by atoms with E-state index >= 15 is 0 Å². The van der Waals surface area contributed by atoms with E-state index in [9.17, 15) is 18.0 Å². The molecule has 33 heavy (non-hydrogen) atoms. The van der Waals surface area contributed by atoms with Gasteiger partial charge in [-0.3, -0.25) is 4.79 Å². The van der Waals surface area contributed by atoms with E-state index in [4.69, 9.17) is 21.1 Å². The van der Waals surface area contributed by atoms with Crippen LogP contribution in [0.4, 0.5) is 13.2 Å². The van der Waals surface area contributed by atoms with Crippen LogP contribution in [0.3, 0.4) is 0 Å². The van der Waals surface area contributed by atoms with Crippen molar-refractivity contribution in [1.29, 1.82) is 0 Å². The number of pyridine rings is 1. The molecule has 170 valence electrons. The van der Waals surface area contributed by atoms with Gasteiger partial charge in [0.15, 0.2) is 5.43 Å². The molecular formula is C24H17ClF3NO4. The molecule has 0 radical (unpaired) electrons. The normalized spacial score (nSPS) is 11.5. The maximum absolute atomic E-state index is 13.2. The monoisotopic (exact) mass is 475 g/mol. The smallest absolute Gasteiger partial charge is 0.495 e. The van der Waals surface area contributed by atoms with Crippen LogP contribution in [0.2, 0.25) is 5.02 Å². The number of rotatable bonds is 5. The first kappa shape index (κ1) is 22.5. The Hall–Kier alpha value is -3.65. The molecule has 0 aliphatic rings. The Bertz CT molecular complexity index is 1380. The maximum Gasteiger partial charge on any atom is 0.573 e. The Balaban J connectivity index is 1.64. The van der Waals surface area contributed by atoms with Gasteiger partial charge in [-0.05, 0) is 42.8 Å². The van der Waals surface area contributed by atoms with Crippen molar-refractivity contribution in [3.8, 4) is 34.1 Å². The minimum atomic E-state index is -4.79. The van der Waals surface area contributed by atoms with Gasteiger partial charge < -0.3 is 19.2 Å². The van der Waals surface area contributed by atoms with E-state index in [-0.39, 0.29) is 16.9 Å². The van der Waals surface area contributed by atoms with Crippen LogP contribution < -0.4 is 19.6 Å². The molecule has 0 saturated carbocycles. The molecule has 0 atom stereocenters. The number of methoxy groups -OCH3 is 1. The third-order valence-corrected chi connectivity index (χ3v) is 5.17. The van der Waals surface area contributed by atoms with E-state index in [1.54, 1.807) is 43.3 Å². The summed E-state index contributed by atoms with van der Waals surface area (Å²) in [5, 5.41) is 0.744. The number of alkyl halides is 3. The summed E-state index contributed by atoms with van der Waals surface area (Å²) in [6, 6.07) is 15.1. The number of H-pyrrole nitrogens is 1. The highest BCUT2D eigenvalue weighted by molar-refractivity contribution is 6.32. The minimum Gasteiger partial charge on any atom is -0.495 e. The summed E-state index contributed by atoms with van der Waals surface area (Å²) < 4.78 is 52.0. The number of aromatic nitrogens is 1. The summed E-state index contributed by atoms with van der Waals surface area (Å²) in [7, 11) is 1.50. The minimum absolute atomic E-state index is 0.174. The second-order valence-electron chi connectivity index (χ2n) is 7.14. The number of aromatic amines is 1. The number of hydrogen-bond donors (Lipinski definition) is 1. The molecule has 0 aliphatic carbocycles. The van der Waals surface area contributed by atoms with Crippen LogP contribution in [0, 0.1) is 6.92 Å². The second kappa shape index (κ2) is 8.71. The number of benzene rings is 3. The van der Waals surface area contributed by atoms with Gasteiger partial charge in [0, 0.05) is 28.8 Å². The van der Waals surface area contributed by atoms with Crippen LogP contribution in [-0.4, -0.2) is 18.5 Å². The Morgan fingerprint density at radius 2 is 1.64 bits per heavy atom. The van der Waals surface area contributed by atoms with Crippen molar-refractivity contribution in [2.75, 3.05) is 7.11 Å². The van der Waals surface area contributed by atoms with Gasteiger partial charge in [0.25, 0.3) is 0 Å². The SMILES string of the molecule is COc1cc2[nH]c(C)c(-c3ccc(Oc4cccc(OC(F)(F)F)c4)cc3)c(=O)c2cc1Cl. The average Bonchev–Trinajstić information content (AvgIpc) is 2.74. The lowest BCUT2D eigenvalue weighted by molar-refractivity contribution is -0.274. The van der Waals surface area contributed by atoms with Gasteiger partial charge in [0.05, 0.1) is 17.6 Å². The first-order valence-electron chi connectivity index (χ1n) is 9.69. The van der Waals surface area contributed by atoms with Crippen molar-refractivity contribution < 1.29 is 27.4 Å². The van der Waals surface area contributed by atoms with Crippen LogP contribution >= 0.6 is 11.6 Å². The first-order valence-corrected chi connectivity index (χ1v) is 10.1. The Morgan fingerprint density at radius 3 is 2.30 bits per heavy atom. The predicted molar refractivity (Wildman–Crippen MR) is 120 cm³/mol. The average molecular weight is 476 g/mol. The lowest BCUT2D eigenvalue weighted by atomic mass is 10.0. The highest BCUT2D eigenvalue weighted by Gasteiger charge is 2.31. The third-order valence-electron chi connectivity index (χ3n) is 4.88. The van der Waals surface area contributed by atoms with Crippen molar-refractivity contribution in [3.63, 3.8) is 0 Å². The van der Waals surface area contributed by atoms with E-state index < -0.39 is 6.36 Å². The molecule has 0 bridgehead atoms. The number of ether oxygens (including phenoxy) is 3. The molecule has 4 aromatic rings. The van der Waals surface area contributed by atoms with E-state index in [1.165, 1.54) is 25.3 Å². The molecule has 4 rings (SSSR count). The van der Waals surface area contributed by atoms with E-state index in [1.807, 2.05) is 0 Å². The predicted octanol–water partition coefficient (Wildman–Crippen LogP) is 6.86. The zero-order valence-electron chi connectivity index (χ0n) is 17.4. The largest absolute Gasteiger partial charge is 0.573 e. The van der Waals surface area contributed by atoms with Crippen molar-refractivity contribution in [2.24, 2.45) is 0 Å². The van der Waals surface area contributed by atoms with Gasteiger partial charge in [-0.2, -0.15) is 0 Å². The number of nitrogens with one attached hydrogen (secondary N) is 1. The molecule has 0 saturated heterocycles. The van der Waals surface area contributed by atoms with Crippen LogP contribution in [0.25, 0.3) is 22.0 Å². The van der Waals surface area contributed by atoms with Crippen molar-refractivity contribution in [3.05, 3.63) is 81.6 Å². The first-order chi connectivity index (χ1) is 15.6. The molecular weight excluding hydrogens is 459 g/mol. The molecule has 0 amide bonds. The zero-order valence-corrected chi connectivity index (χ0v) is 18.2. The molecule has 1 aromatic heterocycles. The summed E-state index contributed by atoms with van der Waals surface area (Å²) in [4.78, 5) is 16.4. The lowest BCUT2D eigenvalue weighted by Crippen LogP contribution is -2.17. The van der Waals surface area contributed by atoms with Gasteiger partial charge in [-0.25, -0.2) is 0 Å². The van der Waals surface area contributed by atoms with Gasteiger partial charge in [-0.1, -0.05) is 29.8 Å². The molecule has 9 heteroatoms. The fraction of sp³-hybridized carbons (Fsp3) is 0.125. The van der Waals surface area contributed by atoms with E-state index in [0.717, 1.165) is 6.07 Å². The Labute approximate surface area is 191 Å². The van der Waals surface area contributed by atoms with E-state index in [2.05, 4.69) is 9.72 Å². The van der Waals surface area contributed by atoms with Gasteiger partial charge in [-0.15, -0.1) is 13.2 Å². The second-order valence-corrected chi connectivity index (χ2v) is 7.54. The highest BCUT2D eigenvalue weighted by Crippen LogP contribution is 2.32. The van der Waals surface area contributed by atoms with Crippen LogP contribution in [0.15, 0.2) is 65.5 Å². The van der Waals surface area contributed by atoms with Crippen molar-refractivity contribution >= 4 is 22.5 Å². The number of fused-ring (bicyclic) bond motifs is 1. The fourth-order valence-electron chi connectivity index (χ4n) is 3.48. The third kappa shape index (κ3) is 4.90. The zero-order chi connectivity index (χ0) is 23.8. The maximum atomic E-state index is 13.2. The van der Waals surface area contributed by atoms with Gasteiger partial charge in [0.2, 0.25) is 0 Å². The molecule has 1 N–H and O–H groups in total. The molecule has 0 fully saturated rings. The summed E-state index contributed by atoms with van der Waals surface area (Å²) in [5.74, 6) is 0.627. The van der Waals surface area contributed by atoms with Crippen LogP contribution in [0.1, 0.15) is 5.69 Å². The van der Waals surface area contributed by atoms with Crippen LogP contribution in [-0.2, 0) is 0 Å². The summed E-state index contributed by atoms with van der Waals surface area (Å²) in [6.07, 6.45) is -4.79. The van der Waals surface area contributed by atoms with Crippen LogP contribution in [0.5, 0.6) is 23.0 Å². The molecule has 0 spiro atoms. The van der Waals surface area contributed by atoms with Gasteiger partial charge in [0.1, 0.15) is 23.0 Å². The lowest BCUT2D eigenvalue weighted by Gasteiger charge is -2.12. The summed E-state index contributed by atoms with van der Waals surface area (Å²) in [6.45, 7) is 1.79. The molecule has 1 heterocycles. The Morgan fingerprint density at radius 1 is 0.939 bits per heavy atom. The highest BCUT2D eigenvalue weighted by atomic mass is 35.5. The van der Waals surface area contributed by atoms with Crippen molar-refractivity contribution in [2.45, 2.75) is 13.3 Å². The number of halogens is 4.